The smallest absolute Gasteiger partial charge is 0.409 e. The first kappa shape index (κ1) is 17.3. The summed E-state index contributed by atoms with van der Waals surface area (Å²) in [6.07, 6.45) is -0.279. The van der Waals surface area contributed by atoms with Crippen molar-refractivity contribution >= 4 is 17.7 Å². The third-order valence-corrected chi connectivity index (χ3v) is 4.04. The number of amides is 2. The third-order valence-electron chi connectivity index (χ3n) is 4.04. The highest BCUT2D eigenvalue weighted by molar-refractivity contribution is 5.93. The van der Waals surface area contributed by atoms with Crippen LogP contribution >= 0.6 is 0 Å². The minimum atomic E-state index is -0.279. The second-order valence-corrected chi connectivity index (χ2v) is 5.68. The zero-order valence-electron chi connectivity index (χ0n) is 14.3. The number of piperazine rings is 1. The maximum Gasteiger partial charge on any atom is 0.409 e. The second-order valence-electron chi connectivity index (χ2n) is 5.68. The van der Waals surface area contributed by atoms with Gasteiger partial charge in [0.15, 0.2) is 0 Å². The Balaban J connectivity index is 1.82. The van der Waals surface area contributed by atoms with Crippen LogP contribution in [0.4, 0.5) is 10.5 Å². The largest absolute Gasteiger partial charge is 0.450 e. The number of nitrogens with one attached hydrogen (secondary N) is 1. The second kappa shape index (κ2) is 7.45. The Morgan fingerprint density at radius 2 is 1.87 bits per heavy atom. The van der Waals surface area contributed by atoms with E-state index in [1.807, 2.05) is 25.8 Å². The lowest BCUT2D eigenvalue weighted by molar-refractivity contribution is -0.117. The van der Waals surface area contributed by atoms with Crippen LogP contribution < -0.4 is 5.32 Å². The number of ether oxygens (including phenoxy) is 1. The first-order valence-corrected chi connectivity index (χ1v) is 7.86. The lowest BCUT2D eigenvalue weighted by Gasteiger charge is -2.33. The van der Waals surface area contributed by atoms with Crippen molar-refractivity contribution in [3.63, 3.8) is 0 Å². The van der Waals surface area contributed by atoms with Gasteiger partial charge < -0.3 is 15.0 Å². The highest BCUT2D eigenvalue weighted by Gasteiger charge is 2.23. The zero-order valence-corrected chi connectivity index (χ0v) is 14.3. The van der Waals surface area contributed by atoms with E-state index in [9.17, 15) is 9.59 Å². The molecule has 128 valence electrons. The number of hydrogen-bond donors (Lipinski definition) is 1. The predicted molar refractivity (Wildman–Crippen MR) is 86.3 cm³/mol. The van der Waals surface area contributed by atoms with E-state index in [0.29, 0.717) is 39.3 Å². The lowest BCUT2D eigenvalue weighted by atomic mass is 10.3. The average Bonchev–Trinajstić information content (AvgIpc) is 2.74. The van der Waals surface area contributed by atoms with E-state index in [-0.39, 0.29) is 12.0 Å². The van der Waals surface area contributed by atoms with Gasteiger partial charge in [-0.05, 0) is 20.8 Å². The monoisotopic (exact) mass is 323 g/mol. The number of carbonyl (C=O) groups excluding carboxylic acids is 2. The Labute approximate surface area is 136 Å². The molecule has 2 amide bonds. The maximum atomic E-state index is 12.2. The van der Waals surface area contributed by atoms with Gasteiger partial charge in [0.25, 0.3) is 0 Å². The van der Waals surface area contributed by atoms with Gasteiger partial charge in [0, 0.05) is 33.2 Å². The van der Waals surface area contributed by atoms with Crippen LogP contribution in [0.2, 0.25) is 0 Å². The molecule has 0 atom stereocenters. The quantitative estimate of drug-likeness (QED) is 0.884. The van der Waals surface area contributed by atoms with Crippen molar-refractivity contribution in [2.45, 2.75) is 20.8 Å². The van der Waals surface area contributed by atoms with Gasteiger partial charge in [-0.3, -0.25) is 14.4 Å². The van der Waals surface area contributed by atoms with Crippen LogP contribution in [-0.2, 0) is 16.6 Å². The molecule has 1 aliphatic rings. The number of nitrogens with zero attached hydrogens (tertiary/aromatic N) is 4. The van der Waals surface area contributed by atoms with Crippen LogP contribution in [0.25, 0.3) is 0 Å². The fourth-order valence-electron chi connectivity index (χ4n) is 2.64. The van der Waals surface area contributed by atoms with Gasteiger partial charge in [-0.25, -0.2) is 4.79 Å². The molecule has 0 aromatic carbocycles. The van der Waals surface area contributed by atoms with Gasteiger partial charge in [-0.15, -0.1) is 0 Å². The van der Waals surface area contributed by atoms with Crippen LogP contribution in [0.15, 0.2) is 0 Å². The number of hydrogen-bond acceptors (Lipinski definition) is 5. The summed E-state index contributed by atoms with van der Waals surface area (Å²) in [5.74, 6) is -0.0613. The van der Waals surface area contributed by atoms with Crippen LogP contribution in [0.1, 0.15) is 18.3 Å². The van der Waals surface area contributed by atoms with Crippen molar-refractivity contribution in [1.82, 2.24) is 19.6 Å². The molecule has 8 heteroatoms. The minimum absolute atomic E-state index is 0.0613. The molecule has 1 fully saturated rings. The molecule has 1 aliphatic heterocycles. The van der Waals surface area contributed by atoms with Crippen molar-refractivity contribution < 1.29 is 14.3 Å². The molecule has 1 saturated heterocycles. The summed E-state index contributed by atoms with van der Waals surface area (Å²) in [7, 11) is 1.85. The SMILES string of the molecule is CCOC(=O)N1CCN(CC(=O)Nc2c(C)nn(C)c2C)CC1. The molecule has 2 rings (SSSR count). The Morgan fingerprint density at radius 3 is 2.39 bits per heavy atom. The molecule has 0 saturated carbocycles. The zero-order chi connectivity index (χ0) is 17.0. The summed E-state index contributed by atoms with van der Waals surface area (Å²) in [4.78, 5) is 27.6. The van der Waals surface area contributed by atoms with E-state index in [4.69, 9.17) is 4.74 Å². The van der Waals surface area contributed by atoms with E-state index >= 15 is 0 Å². The first-order chi connectivity index (χ1) is 10.9. The third kappa shape index (κ3) is 4.22. The van der Waals surface area contributed by atoms with Crippen molar-refractivity contribution in [3.8, 4) is 0 Å². The van der Waals surface area contributed by atoms with Gasteiger partial charge in [-0.2, -0.15) is 5.10 Å². The topological polar surface area (TPSA) is 79.7 Å². The molecular weight excluding hydrogens is 298 g/mol. The Bertz CT molecular complexity index is 576. The molecule has 0 spiro atoms. The minimum Gasteiger partial charge on any atom is -0.450 e. The van der Waals surface area contributed by atoms with Gasteiger partial charge >= 0.3 is 6.09 Å². The summed E-state index contributed by atoms with van der Waals surface area (Å²) in [6, 6.07) is 0. The summed E-state index contributed by atoms with van der Waals surface area (Å²) in [6.45, 7) is 8.77. The van der Waals surface area contributed by atoms with Crippen molar-refractivity contribution in [3.05, 3.63) is 11.4 Å². The molecule has 8 nitrogen and oxygen atoms in total. The lowest BCUT2D eigenvalue weighted by Crippen LogP contribution is -2.50. The van der Waals surface area contributed by atoms with E-state index in [1.54, 1.807) is 16.5 Å². The molecule has 0 radical (unpaired) electrons. The van der Waals surface area contributed by atoms with Crippen LogP contribution in [-0.4, -0.2) is 70.9 Å². The Hall–Kier alpha value is -2.09. The molecule has 1 aromatic heterocycles. The molecule has 0 unspecified atom stereocenters. The molecule has 1 aromatic rings. The number of aromatic nitrogens is 2. The van der Waals surface area contributed by atoms with Gasteiger partial charge in [0.2, 0.25) is 5.91 Å². The van der Waals surface area contributed by atoms with Crippen LogP contribution in [0, 0.1) is 13.8 Å². The van der Waals surface area contributed by atoms with Crippen molar-refractivity contribution in [2.75, 3.05) is 44.6 Å². The molecular formula is C15H25N5O3. The van der Waals surface area contributed by atoms with Gasteiger partial charge in [0.05, 0.1) is 30.2 Å². The fraction of sp³-hybridized carbons (Fsp3) is 0.667. The number of rotatable bonds is 4. The van der Waals surface area contributed by atoms with E-state index in [2.05, 4.69) is 10.4 Å². The number of aryl methyl sites for hydroxylation is 2. The standard InChI is InChI=1S/C15H25N5O3/c1-5-23-15(22)20-8-6-19(7-9-20)10-13(21)16-14-11(2)17-18(4)12(14)3/h5-10H2,1-4H3,(H,16,21). The van der Waals surface area contributed by atoms with Gasteiger partial charge in [-0.1, -0.05) is 0 Å². The first-order valence-electron chi connectivity index (χ1n) is 7.86. The van der Waals surface area contributed by atoms with E-state index in [0.717, 1.165) is 17.1 Å². The van der Waals surface area contributed by atoms with Crippen LogP contribution in [0.3, 0.4) is 0 Å². The number of carbonyl (C=O) groups is 2. The maximum absolute atomic E-state index is 12.2. The van der Waals surface area contributed by atoms with Crippen LogP contribution in [0.5, 0.6) is 0 Å². The highest BCUT2D eigenvalue weighted by Crippen LogP contribution is 2.18. The van der Waals surface area contributed by atoms with Gasteiger partial charge in [0.1, 0.15) is 0 Å². The van der Waals surface area contributed by atoms with Crippen molar-refractivity contribution in [2.24, 2.45) is 7.05 Å². The predicted octanol–water partition coefficient (Wildman–Crippen LogP) is 0.750. The molecule has 0 bridgehead atoms. The van der Waals surface area contributed by atoms with Crippen molar-refractivity contribution in [1.29, 1.82) is 0 Å². The summed E-state index contributed by atoms with van der Waals surface area (Å²) < 4.78 is 6.74. The summed E-state index contributed by atoms with van der Waals surface area (Å²) in [5.41, 5.74) is 2.52. The average molecular weight is 323 g/mol. The Kier molecular flexibility index (Phi) is 5.59. The molecule has 1 N–H and O–H groups in total. The molecule has 2 heterocycles. The summed E-state index contributed by atoms with van der Waals surface area (Å²) >= 11 is 0. The molecule has 0 aliphatic carbocycles. The summed E-state index contributed by atoms with van der Waals surface area (Å²) in [5, 5.41) is 7.22. The fourth-order valence-corrected chi connectivity index (χ4v) is 2.64. The number of anilines is 1. The van der Waals surface area contributed by atoms with E-state index in [1.165, 1.54) is 0 Å². The normalized spacial score (nSPS) is 15.6. The highest BCUT2D eigenvalue weighted by atomic mass is 16.6. The molecule has 23 heavy (non-hydrogen) atoms. The Morgan fingerprint density at radius 1 is 1.22 bits per heavy atom. The van der Waals surface area contributed by atoms with E-state index < -0.39 is 0 Å².